The molecule has 0 radical (unpaired) electrons. The Labute approximate surface area is 190 Å². The Kier molecular flexibility index (Phi) is 6.64. The summed E-state index contributed by atoms with van der Waals surface area (Å²) < 4.78 is 22.4. The van der Waals surface area contributed by atoms with Crippen LogP contribution in [0.2, 0.25) is 5.02 Å². The number of aromatic nitrogens is 3. The zero-order valence-corrected chi connectivity index (χ0v) is 18.8. The van der Waals surface area contributed by atoms with Gasteiger partial charge < -0.3 is 24.1 Å². The number of H-pyrrole nitrogens is 1. The lowest BCUT2D eigenvalue weighted by Gasteiger charge is -2.17. The summed E-state index contributed by atoms with van der Waals surface area (Å²) in [6, 6.07) is 8.79. The molecule has 4 aromatic rings. The first kappa shape index (κ1) is 22.1. The number of nitrogens with one attached hydrogen (secondary N) is 1. The van der Waals surface area contributed by atoms with Crippen molar-refractivity contribution < 1.29 is 24.1 Å². The lowest BCUT2D eigenvalue weighted by atomic mass is 9.99. The molecule has 0 saturated heterocycles. The zero-order chi connectivity index (χ0) is 22.7. The molecular formula is C23H24ClN3O5. The van der Waals surface area contributed by atoms with Gasteiger partial charge in [-0.3, -0.25) is 5.10 Å². The molecule has 0 bridgehead atoms. The first-order chi connectivity index (χ1) is 15.5. The molecule has 0 unspecified atom stereocenters. The molecule has 2 N–H and O–H groups in total. The Bertz CT molecular complexity index is 1260. The molecule has 0 fully saturated rings. The summed E-state index contributed by atoms with van der Waals surface area (Å²) in [4.78, 5) is 4.78. The second-order valence-electron chi connectivity index (χ2n) is 7.17. The van der Waals surface area contributed by atoms with E-state index >= 15 is 0 Å². The maximum atomic E-state index is 9.85. The number of benzene rings is 2. The quantitative estimate of drug-likeness (QED) is 0.357. The van der Waals surface area contributed by atoms with E-state index in [2.05, 4.69) is 10.2 Å². The van der Waals surface area contributed by atoms with E-state index in [0.29, 0.717) is 49.3 Å². The topological polar surface area (TPSA) is 98.7 Å². The number of aryl methyl sites for hydroxylation is 1. The summed E-state index contributed by atoms with van der Waals surface area (Å²) in [6.07, 6.45) is 0. The Morgan fingerprint density at radius 3 is 2.44 bits per heavy atom. The minimum absolute atomic E-state index is 0.00818. The Morgan fingerprint density at radius 2 is 1.72 bits per heavy atom. The highest BCUT2D eigenvalue weighted by atomic mass is 35.5. The average molecular weight is 458 g/mol. The number of aromatic amines is 1. The Balaban J connectivity index is 2.00. The molecule has 8 nitrogen and oxygen atoms in total. The fourth-order valence-corrected chi connectivity index (χ4v) is 3.75. The van der Waals surface area contributed by atoms with Crippen molar-refractivity contribution in [3.8, 4) is 28.5 Å². The number of pyridine rings is 1. The largest absolute Gasteiger partial charge is 0.506 e. The number of fused-ring (bicyclic) bond motifs is 3. The smallest absolute Gasteiger partial charge is 0.182 e. The molecule has 168 valence electrons. The predicted molar refractivity (Wildman–Crippen MR) is 123 cm³/mol. The molecular weight excluding hydrogens is 434 g/mol. The van der Waals surface area contributed by atoms with Crippen LogP contribution in [0.25, 0.3) is 33.1 Å². The van der Waals surface area contributed by atoms with Crippen LogP contribution in [0.1, 0.15) is 5.69 Å². The number of ether oxygens (including phenoxy) is 4. The minimum atomic E-state index is 0.00818. The molecule has 0 aliphatic carbocycles. The van der Waals surface area contributed by atoms with E-state index in [1.165, 1.54) is 0 Å². The molecule has 2 heterocycles. The molecule has 0 aliphatic rings. The highest BCUT2D eigenvalue weighted by Gasteiger charge is 2.21. The number of phenolic OH excluding ortho intramolecular Hbond substituents is 1. The van der Waals surface area contributed by atoms with Crippen molar-refractivity contribution in [2.45, 2.75) is 6.92 Å². The third kappa shape index (κ3) is 4.17. The van der Waals surface area contributed by atoms with Gasteiger partial charge in [-0.2, -0.15) is 5.10 Å². The van der Waals surface area contributed by atoms with Crippen LogP contribution < -0.4 is 9.47 Å². The summed E-state index contributed by atoms with van der Waals surface area (Å²) in [5.74, 6) is 1.18. The van der Waals surface area contributed by atoms with Gasteiger partial charge in [0.05, 0.1) is 29.3 Å². The van der Waals surface area contributed by atoms with Crippen LogP contribution in [0.3, 0.4) is 0 Å². The molecule has 2 aromatic heterocycles. The Hall–Kier alpha value is -3.07. The van der Waals surface area contributed by atoms with E-state index in [0.717, 1.165) is 27.4 Å². The van der Waals surface area contributed by atoms with Gasteiger partial charge in [-0.15, -0.1) is 0 Å². The number of methoxy groups -OCH3 is 2. The third-order valence-electron chi connectivity index (χ3n) is 5.07. The fourth-order valence-electron chi connectivity index (χ4n) is 3.56. The van der Waals surface area contributed by atoms with Crippen molar-refractivity contribution in [3.05, 3.63) is 41.0 Å². The number of hydrogen-bond donors (Lipinski definition) is 2. The van der Waals surface area contributed by atoms with Gasteiger partial charge in [0.15, 0.2) is 17.1 Å². The van der Waals surface area contributed by atoms with E-state index in [-0.39, 0.29) is 10.8 Å². The SMILES string of the molecule is COCCOc1ccc2c(-c3ccc(O)c(Cl)c3)nc3n[nH]c(C)c3c2c1OCCOC. The molecule has 9 heteroatoms. The van der Waals surface area contributed by atoms with Crippen LogP contribution in [0.15, 0.2) is 30.3 Å². The number of halogens is 1. The van der Waals surface area contributed by atoms with Crippen LogP contribution in [0.4, 0.5) is 0 Å². The molecule has 2 aromatic carbocycles. The fraction of sp³-hybridized carbons (Fsp3) is 0.304. The van der Waals surface area contributed by atoms with Crippen molar-refractivity contribution in [2.24, 2.45) is 0 Å². The van der Waals surface area contributed by atoms with E-state index < -0.39 is 0 Å². The van der Waals surface area contributed by atoms with Crippen molar-refractivity contribution in [1.82, 2.24) is 15.2 Å². The monoisotopic (exact) mass is 457 g/mol. The van der Waals surface area contributed by atoms with Crippen molar-refractivity contribution in [3.63, 3.8) is 0 Å². The first-order valence-corrected chi connectivity index (χ1v) is 10.5. The zero-order valence-electron chi connectivity index (χ0n) is 18.1. The third-order valence-corrected chi connectivity index (χ3v) is 5.38. The molecule has 4 rings (SSSR count). The van der Waals surface area contributed by atoms with Gasteiger partial charge in [0.25, 0.3) is 0 Å². The molecule has 0 saturated carbocycles. The number of rotatable bonds is 9. The Morgan fingerprint density at radius 1 is 0.969 bits per heavy atom. The maximum Gasteiger partial charge on any atom is 0.182 e. The minimum Gasteiger partial charge on any atom is -0.506 e. The van der Waals surface area contributed by atoms with Gasteiger partial charge in [-0.05, 0) is 37.3 Å². The lowest BCUT2D eigenvalue weighted by Crippen LogP contribution is -2.09. The van der Waals surface area contributed by atoms with Gasteiger partial charge in [0, 0.05) is 36.2 Å². The van der Waals surface area contributed by atoms with Crippen LogP contribution in [-0.4, -0.2) is 60.9 Å². The van der Waals surface area contributed by atoms with Gasteiger partial charge in [-0.25, -0.2) is 4.98 Å². The van der Waals surface area contributed by atoms with Crippen molar-refractivity contribution in [2.75, 3.05) is 40.6 Å². The molecule has 0 amide bonds. The van der Waals surface area contributed by atoms with Gasteiger partial charge in [0.2, 0.25) is 0 Å². The summed E-state index contributed by atoms with van der Waals surface area (Å²) >= 11 is 6.18. The average Bonchev–Trinajstić information content (AvgIpc) is 3.16. The summed E-state index contributed by atoms with van der Waals surface area (Å²) in [7, 11) is 3.25. The maximum absolute atomic E-state index is 9.85. The summed E-state index contributed by atoms with van der Waals surface area (Å²) in [5.41, 5.74) is 2.82. The number of phenols is 1. The van der Waals surface area contributed by atoms with Gasteiger partial charge >= 0.3 is 0 Å². The van der Waals surface area contributed by atoms with E-state index in [9.17, 15) is 5.11 Å². The molecule has 0 atom stereocenters. The lowest BCUT2D eigenvalue weighted by molar-refractivity contribution is 0.133. The summed E-state index contributed by atoms with van der Waals surface area (Å²) in [5, 5.41) is 20.0. The second-order valence-corrected chi connectivity index (χ2v) is 7.58. The second kappa shape index (κ2) is 9.60. The highest BCUT2D eigenvalue weighted by molar-refractivity contribution is 6.32. The summed E-state index contributed by atoms with van der Waals surface area (Å²) in [6.45, 7) is 3.53. The first-order valence-electron chi connectivity index (χ1n) is 10.1. The van der Waals surface area contributed by atoms with Gasteiger partial charge in [0.1, 0.15) is 19.0 Å². The molecule has 0 spiro atoms. The van der Waals surface area contributed by atoms with Gasteiger partial charge in [-0.1, -0.05) is 11.6 Å². The van der Waals surface area contributed by atoms with Crippen LogP contribution in [0.5, 0.6) is 17.2 Å². The van der Waals surface area contributed by atoms with E-state index in [1.54, 1.807) is 32.4 Å². The normalized spacial score (nSPS) is 11.4. The van der Waals surface area contributed by atoms with E-state index in [4.69, 9.17) is 35.5 Å². The van der Waals surface area contributed by atoms with Crippen LogP contribution >= 0.6 is 11.6 Å². The standard InChI is InChI=1S/C23H24ClN3O5/c1-13-19-20-15(5-7-18(31-10-8-29-2)22(20)32-11-9-30-3)21(25-23(19)27-26-13)14-4-6-17(28)16(24)12-14/h4-7,12,28H,8-11H2,1-3H3,(H,25,26,27). The van der Waals surface area contributed by atoms with Crippen LogP contribution in [-0.2, 0) is 9.47 Å². The number of hydrogen-bond acceptors (Lipinski definition) is 7. The molecule has 0 aliphatic heterocycles. The molecule has 32 heavy (non-hydrogen) atoms. The van der Waals surface area contributed by atoms with Crippen LogP contribution in [0, 0.1) is 6.92 Å². The van der Waals surface area contributed by atoms with Crippen molar-refractivity contribution >= 4 is 33.4 Å². The number of nitrogens with zero attached hydrogens (tertiary/aromatic N) is 2. The van der Waals surface area contributed by atoms with E-state index in [1.807, 2.05) is 19.1 Å². The highest BCUT2D eigenvalue weighted by Crippen LogP contribution is 2.44. The van der Waals surface area contributed by atoms with Crippen molar-refractivity contribution in [1.29, 1.82) is 0 Å². The number of aromatic hydroxyl groups is 1. The predicted octanol–water partition coefficient (Wildman–Crippen LogP) is 4.50.